The number of hydrogen-bond donors (Lipinski definition) is 1. The predicted octanol–water partition coefficient (Wildman–Crippen LogP) is 7.15. The van der Waals surface area contributed by atoms with Crippen molar-refractivity contribution in [3.8, 4) is 0 Å². The number of aliphatic hydroxyl groups is 1. The zero-order chi connectivity index (χ0) is 32.4. The van der Waals surface area contributed by atoms with Gasteiger partial charge in [-0.25, -0.2) is 4.79 Å². The third kappa shape index (κ3) is 4.10. The van der Waals surface area contributed by atoms with Crippen LogP contribution >= 0.6 is 0 Å². The van der Waals surface area contributed by atoms with E-state index in [0.29, 0.717) is 40.1 Å². The summed E-state index contributed by atoms with van der Waals surface area (Å²) in [5.41, 5.74) is 0.271. The predicted molar refractivity (Wildman–Crippen MR) is 170 cm³/mol. The molecule has 7 nitrogen and oxygen atoms in total. The minimum absolute atomic E-state index is 0.0905. The molecule has 2 spiro atoms. The number of carbonyl (C=O) groups excluding carboxylic acids is 2. The molecule has 6 fully saturated rings. The molecule has 0 amide bonds. The summed E-state index contributed by atoms with van der Waals surface area (Å²) in [6.45, 7) is 17.3. The molecule has 5 saturated carbocycles. The molecule has 1 aromatic heterocycles. The van der Waals surface area contributed by atoms with E-state index in [0.717, 1.165) is 32.1 Å². The van der Waals surface area contributed by atoms with E-state index in [1.807, 2.05) is 0 Å². The Morgan fingerprint density at radius 1 is 1.00 bits per heavy atom. The minimum Gasteiger partial charge on any atom is -0.458 e. The van der Waals surface area contributed by atoms with E-state index < -0.39 is 11.7 Å². The minimum atomic E-state index is -1.17. The van der Waals surface area contributed by atoms with E-state index in [9.17, 15) is 14.7 Å². The number of esters is 2. The van der Waals surface area contributed by atoms with Gasteiger partial charge >= 0.3 is 11.9 Å². The van der Waals surface area contributed by atoms with Crippen LogP contribution in [0.25, 0.3) is 0 Å². The van der Waals surface area contributed by atoms with Gasteiger partial charge in [0.05, 0.1) is 23.4 Å². The SMILES string of the molecule is CC(=O)O[C@@H](C1CCC2C(C[C@@]3(C)[C@@H]4CCC5C(C)(C)[C@@H](OC(=O)c6cccnc6)CC[C@@]56[C@@H](C)[C@@]46CC[C@]23C)O1)C(C)(C)O. The van der Waals surface area contributed by atoms with Crippen molar-refractivity contribution in [2.45, 2.75) is 143 Å². The maximum Gasteiger partial charge on any atom is 0.339 e. The first-order chi connectivity index (χ1) is 21.0. The van der Waals surface area contributed by atoms with Gasteiger partial charge in [0.1, 0.15) is 6.10 Å². The van der Waals surface area contributed by atoms with E-state index in [-0.39, 0.29) is 46.5 Å². The van der Waals surface area contributed by atoms with Crippen LogP contribution in [0.3, 0.4) is 0 Å². The molecule has 7 heteroatoms. The van der Waals surface area contributed by atoms with Crippen molar-refractivity contribution in [2.75, 3.05) is 0 Å². The molecule has 7 rings (SSSR count). The van der Waals surface area contributed by atoms with Crippen LogP contribution in [0.4, 0.5) is 0 Å². The molecule has 1 N–H and O–H groups in total. The summed E-state index contributed by atoms with van der Waals surface area (Å²) in [7, 11) is 0. The van der Waals surface area contributed by atoms with Crippen LogP contribution in [0, 0.1) is 50.7 Å². The maximum atomic E-state index is 13.1. The molecular weight excluding hydrogens is 566 g/mol. The van der Waals surface area contributed by atoms with Gasteiger partial charge < -0.3 is 19.3 Å². The van der Waals surface area contributed by atoms with Crippen molar-refractivity contribution in [3.05, 3.63) is 30.1 Å². The number of hydrogen-bond acceptors (Lipinski definition) is 7. The zero-order valence-corrected chi connectivity index (χ0v) is 28.7. The van der Waals surface area contributed by atoms with Crippen LogP contribution in [0.1, 0.15) is 124 Å². The molecular formula is C38H55NO6. The molecule has 0 aromatic carbocycles. The quantitative estimate of drug-likeness (QED) is 0.349. The molecule has 6 aliphatic rings. The number of rotatable bonds is 5. The van der Waals surface area contributed by atoms with E-state index in [1.165, 1.54) is 32.6 Å². The number of aromatic nitrogens is 1. The van der Waals surface area contributed by atoms with Crippen molar-refractivity contribution in [1.29, 1.82) is 0 Å². The summed E-state index contributed by atoms with van der Waals surface area (Å²) in [4.78, 5) is 29.2. The Kier molecular flexibility index (Phi) is 7.03. The van der Waals surface area contributed by atoms with E-state index >= 15 is 0 Å². The average Bonchev–Trinajstić information content (AvgIpc) is 3.40. The highest BCUT2D eigenvalue weighted by Gasteiger charge is 2.86. The molecule has 1 saturated heterocycles. The lowest BCUT2D eigenvalue weighted by Crippen LogP contribution is -2.58. The van der Waals surface area contributed by atoms with Gasteiger partial charge in [-0.2, -0.15) is 0 Å². The monoisotopic (exact) mass is 621 g/mol. The number of pyridine rings is 1. The fourth-order valence-electron chi connectivity index (χ4n) is 13.5. The van der Waals surface area contributed by atoms with Gasteiger partial charge in [0.15, 0.2) is 6.10 Å². The van der Waals surface area contributed by atoms with Crippen molar-refractivity contribution >= 4 is 11.9 Å². The highest BCUT2D eigenvalue weighted by Crippen LogP contribution is 2.91. The zero-order valence-electron chi connectivity index (χ0n) is 28.7. The summed E-state index contributed by atoms with van der Waals surface area (Å²) >= 11 is 0. The Bertz CT molecular complexity index is 1360. The molecule has 5 aliphatic carbocycles. The molecule has 1 aliphatic heterocycles. The summed E-state index contributed by atoms with van der Waals surface area (Å²) in [6, 6.07) is 3.59. The number of ether oxygens (including phenoxy) is 3. The first-order valence-corrected chi connectivity index (χ1v) is 17.7. The number of fused-ring (bicyclic) bond motifs is 4. The van der Waals surface area contributed by atoms with E-state index in [4.69, 9.17) is 14.2 Å². The maximum absolute atomic E-state index is 13.1. The van der Waals surface area contributed by atoms with Gasteiger partial charge in [-0.1, -0.05) is 34.6 Å². The fourth-order valence-corrected chi connectivity index (χ4v) is 13.5. The summed E-state index contributed by atoms with van der Waals surface area (Å²) < 4.78 is 18.9. The Labute approximate surface area is 269 Å². The van der Waals surface area contributed by atoms with Crippen LogP contribution in [-0.2, 0) is 19.0 Å². The third-order valence-electron chi connectivity index (χ3n) is 15.5. The Balaban J connectivity index is 1.14. The van der Waals surface area contributed by atoms with Gasteiger partial charge in [-0.05, 0) is 129 Å². The van der Waals surface area contributed by atoms with Gasteiger partial charge in [-0.15, -0.1) is 0 Å². The Morgan fingerprint density at radius 3 is 2.38 bits per heavy atom. The van der Waals surface area contributed by atoms with Gasteiger partial charge in [0.2, 0.25) is 0 Å². The van der Waals surface area contributed by atoms with Crippen molar-refractivity contribution in [3.63, 3.8) is 0 Å². The smallest absolute Gasteiger partial charge is 0.339 e. The van der Waals surface area contributed by atoms with E-state index in [2.05, 4.69) is 39.6 Å². The summed E-state index contributed by atoms with van der Waals surface area (Å²) in [6.07, 6.45) is 12.2. The molecule has 0 radical (unpaired) electrons. The largest absolute Gasteiger partial charge is 0.458 e. The average molecular weight is 622 g/mol. The van der Waals surface area contributed by atoms with Gasteiger partial charge in [0, 0.05) is 24.7 Å². The number of nitrogens with zero attached hydrogens (tertiary/aromatic N) is 1. The fraction of sp³-hybridized carbons (Fsp3) is 0.816. The first kappa shape index (κ1) is 31.6. The first-order valence-electron chi connectivity index (χ1n) is 17.7. The third-order valence-corrected chi connectivity index (χ3v) is 15.5. The molecule has 2 heterocycles. The van der Waals surface area contributed by atoms with Crippen molar-refractivity contribution in [2.24, 2.45) is 50.7 Å². The lowest BCUT2D eigenvalue weighted by molar-refractivity contribution is -0.200. The van der Waals surface area contributed by atoms with Crippen molar-refractivity contribution in [1.82, 2.24) is 4.98 Å². The number of carbonyl (C=O) groups is 2. The molecule has 4 unspecified atom stereocenters. The van der Waals surface area contributed by atoms with E-state index in [1.54, 1.807) is 38.4 Å². The highest BCUT2D eigenvalue weighted by atomic mass is 16.6. The highest BCUT2D eigenvalue weighted by molar-refractivity contribution is 5.89. The topological polar surface area (TPSA) is 95.0 Å². The van der Waals surface area contributed by atoms with Crippen LogP contribution in [-0.4, -0.2) is 52.0 Å². The lowest BCUT2D eigenvalue weighted by Gasteiger charge is -2.63. The van der Waals surface area contributed by atoms with Gasteiger partial charge in [0.25, 0.3) is 0 Å². The second-order valence-electron chi connectivity index (χ2n) is 17.6. The molecule has 0 bridgehead atoms. The van der Waals surface area contributed by atoms with Gasteiger partial charge in [-0.3, -0.25) is 9.78 Å². The summed E-state index contributed by atoms with van der Waals surface area (Å²) in [5, 5.41) is 10.9. The van der Waals surface area contributed by atoms with Crippen molar-refractivity contribution < 1.29 is 28.9 Å². The second-order valence-corrected chi connectivity index (χ2v) is 17.6. The molecule has 1 aromatic rings. The Hall–Kier alpha value is -1.99. The molecule has 12 atom stereocenters. The van der Waals surface area contributed by atoms with Crippen LogP contribution in [0.2, 0.25) is 0 Å². The standard InChI is InChI=1S/C38H55NO6/c1-22-37-16-15-30(45-32(41)24-10-9-19-39-21-24)33(3,4)28(37)13-14-29-36(8)20-27-25(35(36,7)17-18-38(22,29)37)11-12-26(44-27)31(34(5,6)42)43-23(2)40/h9-10,19,21-22,25-31,42H,11-18,20H2,1-8H3/t22-,25?,26?,27?,28?,29+,30+,31+,35-,36+,37-,38+/m1/s1. The molecule has 248 valence electrons. The Morgan fingerprint density at radius 2 is 1.71 bits per heavy atom. The second kappa shape index (κ2) is 10.0. The van der Waals surface area contributed by atoms with Crippen LogP contribution < -0.4 is 0 Å². The lowest BCUT2D eigenvalue weighted by atomic mass is 9.42. The summed E-state index contributed by atoms with van der Waals surface area (Å²) in [5.74, 6) is 1.70. The molecule has 45 heavy (non-hydrogen) atoms. The normalized spacial score (nSPS) is 46.7. The van der Waals surface area contributed by atoms with Crippen LogP contribution in [0.5, 0.6) is 0 Å². The van der Waals surface area contributed by atoms with Crippen LogP contribution in [0.15, 0.2) is 24.5 Å².